The first-order valence-corrected chi connectivity index (χ1v) is 8.64. The van der Waals surface area contributed by atoms with E-state index in [-0.39, 0.29) is 18.6 Å². The minimum Gasteiger partial charge on any atom is -0.459 e. The molecule has 0 aliphatic heterocycles. The van der Waals surface area contributed by atoms with E-state index < -0.39 is 5.97 Å². The Kier molecular flexibility index (Phi) is 4.85. The molecule has 2 aromatic heterocycles. The van der Waals surface area contributed by atoms with Gasteiger partial charge in [0, 0.05) is 5.39 Å². The second-order valence-electron chi connectivity index (χ2n) is 5.70. The number of amides is 1. The SMILES string of the molecule is Cc1nc(C)c(C(=O)OCC(=O)N[C@H](C)c2cc3ccccc3o2)s1. The van der Waals surface area contributed by atoms with Crippen molar-refractivity contribution in [1.29, 1.82) is 0 Å². The fourth-order valence-corrected chi connectivity index (χ4v) is 3.30. The summed E-state index contributed by atoms with van der Waals surface area (Å²) >= 11 is 1.25. The molecule has 0 aliphatic carbocycles. The highest BCUT2D eigenvalue weighted by atomic mass is 32.1. The van der Waals surface area contributed by atoms with Crippen LogP contribution in [0.2, 0.25) is 0 Å². The molecular weight excluding hydrogens is 340 g/mol. The van der Waals surface area contributed by atoms with Crippen LogP contribution in [0.15, 0.2) is 34.7 Å². The van der Waals surface area contributed by atoms with Crippen molar-refractivity contribution in [2.24, 2.45) is 0 Å². The lowest BCUT2D eigenvalue weighted by Gasteiger charge is -2.11. The summed E-state index contributed by atoms with van der Waals surface area (Å²) in [5, 5.41) is 4.52. The van der Waals surface area contributed by atoms with Crippen molar-refractivity contribution in [3.05, 3.63) is 51.7 Å². The Morgan fingerprint density at radius 1 is 1.32 bits per heavy atom. The number of ether oxygens (including phenoxy) is 1. The molecule has 0 unspecified atom stereocenters. The van der Waals surface area contributed by atoms with Crippen molar-refractivity contribution in [2.45, 2.75) is 26.8 Å². The molecule has 3 aromatic rings. The number of para-hydroxylation sites is 1. The molecule has 7 heteroatoms. The maximum atomic E-state index is 12.0. The molecule has 0 radical (unpaired) electrons. The van der Waals surface area contributed by atoms with E-state index in [9.17, 15) is 9.59 Å². The van der Waals surface area contributed by atoms with Crippen LogP contribution in [0.5, 0.6) is 0 Å². The highest BCUT2D eigenvalue weighted by Crippen LogP contribution is 2.23. The van der Waals surface area contributed by atoms with E-state index in [1.165, 1.54) is 11.3 Å². The number of hydrogen-bond acceptors (Lipinski definition) is 6. The fourth-order valence-electron chi connectivity index (χ4n) is 2.49. The molecule has 2 heterocycles. The van der Waals surface area contributed by atoms with Gasteiger partial charge in [-0.2, -0.15) is 0 Å². The van der Waals surface area contributed by atoms with Gasteiger partial charge in [-0.1, -0.05) is 18.2 Å². The van der Waals surface area contributed by atoms with Gasteiger partial charge in [0.2, 0.25) is 0 Å². The summed E-state index contributed by atoms with van der Waals surface area (Å²) in [7, 11) is 0. The van der Waals surface area contributed by atoms with E-state index >= 15 is 0 Å². The van der Waals surface area contributed by atoms with Gasteiger partial charge in [-0.3, -0.25) is 4.79 Å². The number of esters is 1. The van der Waals surface area contributed by atoms with Crippen molar-refractivity contribution in [3.63, 3.8) is 0 Å². The first-order valence-electron chi connectivity index (χ1n) is 7.83. The Labute approximate surface area is 148 Å². The van der Waals surface area contributed by atoms with Crippen molar-refractivity contribution in [1.82, 2.24) is 10.3 Å². The number of rotatable bonds is 5. The second kappa shape index (κ2) is 7.06. The quantitative estimate of drug-likeness (QED) is 0.706. The van der Waals surface area contributed by atoms with Gasteiger partial charge < -0.3 is 14.5 Å². The number of carbonyl (C=O) groups is 2. The highest BCUT2D eigenvalue weighted by Gasteiger charge is 2.18. The third-order valence-electron chi connectivity index (χ3n) is 3.67. The van der Waals surface area contributed by atoms with E-state index in [0.717, 1.165) is 16.0 Å². The summed E-state index contributed by atoms with van der Waals surface area (Å²) in [5.74, 6) is -0.273. The molecule has 3 rings (SSSR count). The predicted octanol–water partition coefficient (Wildman–Crippen LogP) is 3.54. The molecule has 0 spiro atoms. The molecule has 1 amide bonds. The summed E-state index contributed by atoms with van der Waals surface area (Å²) < 4.78 is 10.8. The van der Waals surface area contributed by atoms with E-state index in [2.05, 4.69) is 10.3 Å². The number of carbonyl (C=O) groups excluding carboxylic acids is 2. The zero-order valence-corrected chi connectivity index (χ0v) is 15.0. The van der Waals surface area contributed by atoms with Crippen molar-refractivity contribution in [2.75, 3.05) is 6.61 Å². The largest absolute Gasteiger partial charge is 0.459 e. The Bertz CT molecular complexity index is 895. The summed E-state index contributed by atoms with van der Waals surface area (Å²) in [6.45, 7) is 5.02. The molecule has 0 aliphatic rings. The normalized spacial score (nSPS) is 12.1. The Balaban J connectivity index is 1.56. The van der Waals surface area contributed by atoms with Gasteiger partial charge in [0.15, 0.2) is 6.61 Å². The van der Waals surface area contributed by atoms with E-state index in [1.807, 2.05) is 44.2 Å². The molecule has 25 heavy (non-hydrogen) atoms. The number of hydrogen-bond donors (Lipinski definition) is 1. The van der Waals surface area contributed by atoms with Crippen LogP contribution in [0.25, 0.3) is 11.0 Å². The maximum absolute atomic E-state index is 12.0. The van der Waals surface area contributed by atoms with Gasteiger partial charge in [-0.15, -0.1) is 11.3 Å². The van der Waals surface area contributed by atoms with E-state index in [4.69, 9.17) is 9.15 Å². The number of benzene rings is 1. The minimum absolute atomic E-state index is 0.328. The summed E-state index contributed by atoms with van der Waals surface area (Å²) in [5.41, 5.74) is 1.38. The third kappa shape index (κ3) is 3.88. The Hall–Kier alpha value is -2.67. The van der Waals surface area contributed by atoms with Crippen LogP contribution >= 0.6 is 11.3 Å². The zero-order valence-electron chi connectivity index (χ0n) is 14.2. The third-order valence-corrected chi connectivity index (χ3v) is 4.73. The molecule has 0 bridgehead atoms. The van der Waals surface area contributed by atoms with Crippen LogP contribution in [-0.4, -0.2) is 23.5 Å². The first-order chi connectivity index (χ1) is 11.9. The maximum Gasteiger partial charge on any atom is 0.350 e. The van der Waals surface area contributed by atoms with E-state index in [1.54, 1.807) is 6.92 Å². The summed E-state index contributed by atoms with van der Waals surface area (Å²) in [4.78, 5) is 28.6. The average molecular weight is 358 g/mol. The van der Waals surface area contributed by atoms with Gasteiger partial charge in [0.25, 0.3) is 5.91 Å². The molecule has 6 nitrogen and oxygen atoms in total. The van der Waals surface area contributed by atoms with Crippen molar-refractivity contribution < 1.29 is 18.7 Å². The standard InChI is InChI=1S/C18H18N2O4S/c1-10(15-8-13-6-4-5-7-14(13)24-15)20-16(21)9-23-18(22)17-11(2)19-12(3)25-17/h4-8,10H,9H2,1-3H3,(H,20,21)/t10-/m1/s1. The number of furan rings is 1. The Morgan fingerprint density at radius 2 is 2.08 bits per heavy atom. The van der Waals surface area contributed by atoms with Crippen LogP contribution in [0.1, 0.15) is 39.1 Å². The number of nitrogens with zero attached hydrogens (tertiary/aromatic N) is 1. The zero-order chi connectivity index (χ0) is 18.0. The van der Waals surface area contributed by atoms with Gasteiger partial charge >= 0.3 is 5.97 Å². The lowest BCUT2D eigenvalue weighted by atomic mass is 10.2. The fraction of sp³-hybridized carbons (Fsp3) is 0.278. The number of nitrogens with one attached hydrogen (secondary N) is 1. The lowest BCUT2D eigenvalue weighted by Crippen LogP contribution is -2.30. The number of aromatic nitrogens is 1. The minimum atomic E-state index is -0.533. The molecule has 0 saturated heterocycles. The highest BCUT2D eigenvalue weighted by molar-refractivity contribution is 7.13. The van der Waals surface area contributed by atoms with Gasteiger partial charge in [0.05, 0.1) is 16.7 Å². The van der Waals surface area contributed by atoms with Crippen LogP contribution in [0.4, 0.5) is 0 Å². The van der Waals surface area contributed by atoms with Crippen LogP contribution in [0, 0.1) is 13.8 Å². The predicted molar refractivity (Wildman–Crippen MR) is 94.6 cm³/mol. The topological polar surface area (TPSA) is 81.4 Å². The monoisotopic (exact) mass is 358 g/mol. The molecule has 0 saturated carbocycles. The lowest BCUT2D eigenvalue weighted by molar-refractivity contribution is -0.125. The number of thiazole rings is 1. The molecule has 1 aromatic carbocycles. The van der Waals surface area contributed by atoms with Gasteiger partial charge in [0.1, 0.15) is 16.2 Å². The van der Waals surface area contributed by atoms with Crippen LogP contribution < -0.4 is 5.32 Å². The molecule has 130 valence electrons. The van der Waals surface area contributed by atoms with Crippen molar-refractivity contribution >= 4 is 34.2 Å². The second-order valence-corrected chi connectivity index (χ2v) is 6.90. The first kappa shape index (κ1) is 17.2. The Morgan fingerprint density at radius 3 is 2.76 bits per heavy atom. The van der Waals surface area contributed by atoms with Gasteiger partial charge in [-0.25, -0.2) is 9.78 Å². The molecular formula is C18H18N2O4S. The molecule has 0 fully saturated rings. The van der Waals surface area contributed by atoms with Crippen LogP contribution in [-0.2, 0) is 9.53 Å². The van der Waals surface area contributed by atoms with Crippen LogP contribution in [0.3, 0.4) is 0 Å². The van der Waals surface area contributed by atoms with Gasteiger partial charge in [-0.05, 0) is 32.9 Å². The smallest absolute Gasteiger partial charge is 0.350 e. The molecule has 1 N–H and O–H groups in total. The van der Waals surface area contributed by atoms with Crippen molar-refractivity contribution in [3.8, 4) is 0 Å². The summed E-state index contributed by atoms with van der Waals surface area (Å²) in [6.07, 6.45) is 0. The average Bonchev–Trinajstić information content (AvgIpc) is 3.15. The molecule has 1 atom stereocenters. The van der Waals surface area contributed by atoms with E-state index in [0.29, 0.717) is 16.3 Å². The number of fused-ring (bicyclic) bond motifs is 1. The number of aryl methyl sites for hydroxylation is 2. The summed E-state index contributed by atoms with van der Waals surface area (Å²) in [6, 6.07) is 9.18.